The smallest absolute Gasteiger partial charge is 0.234 e. The van der Waals surface area contributed by atoms with Gasteiger partial charge >= 0.3 is 0 Å². The van der Waals surface area contributed by atoms with Crippen molar-refractivity contribution in [3.05, 3.63) is 62.4 Å². The number of nitrogens with one attached hydrogen (secondary N) is 1. The van der Waals surface area contributed by atoms with Crippen molar-refractivity contribution in [3.63, 3.8) is 0 Å². The number of amides is 1. The first-order valence-corrected chi connectivity index (χ1v) is 11.0. The molecule has 1 heterocycles. The Morgan fingerprint density at radius 1 is 1.03 bits per heavy atom. The highest BCUT2D eigenvalue weighted by Crippen LogP contribution is 2.32. The number of nitrogens with zero attached hydrogens (tertiary/aromatic N) is 3. The molecule has 3 aromatic rings. The fourth-order valence-corrected chi connectivity index (χ4v) is 4.02. The van der Waals surface area contributed by atoms with Gasteiger partial charge in [-0.15, -0.1) is 10.2 Å². The number of carbonyl (C=O) groups is 1. The van der Waals surface area contributed by atoms with E-state index in [1.807, 2.05) is 33.0 Å². The van der Waals surface area contributed by atoms with Gasteiger partial charge in [0, 0.05) is 7.05 Å². The van der Waals surface area contributed by atoms with Crippen LogP contribution in [-0.4, -0.2) is 26.4 Å². The van der Waals surface area contributed by atoms with E-state index >= 15 is 0 Å². The summed E-state index contributed by atoms with van der Waals surface area (Å²) >= 11 is 19.2. The number of hydrogen-bond acceptors (Lipinski definition) is 5. The van der Waals surface area contributed by atoms with Crippen molar-refractivity contribution in [2.45, 2.75) is 25.6 Å². The predicted octanol–water partition coefficient (Wildman–Crippen LogP) is 5.70. The zero-order chi connectivity index (χ0) is 21.8. The lowest BCUT2D eigenvalue weighted by atomic mass is 10.1. The van der Waals surface area contributed by atoms with Crippen molar-refractivity contribution < 1.29 is 9.53 Å². The highest BCUT2D eigenvalue weighted by Gasteiger charge is 2.14. The Morgan fingerprint density at radius 2 is 1.70 bits per heavy atom. The minimum absolute atomic E-state index is 0.125. The maximum absolute atomic E-state index is 12.3. The number of aryl methyl sites for hydroxylation is 2. The molecule has 0 spiro atoms. The first-order chi connectivity index (χ1) is 14.2. The summed E-state index contributed by atoms with van der Waals surface area (Å²) in [6.07, 6.45) is 0. The third-order valence-electron chi connectivity index (χ3n) is 4.10. The van der Waals surface area contributed by atoms with E-state index in [0.29, 0.717) is 31.7 Å². The van der Waals surface area contributed by atoms with Gasteiger partial charge in [0.15, 0.2) is 11.0 Å². The number of carbonyl (C=O) groups excluding carboxylic acids is 1. The SMILES string of the molecule is Cc1cc(C)cc(OCc2nnc(SCC(=O)Nc3cc(Cl)c(Cl)cc3Cl)n2C)c1. The number of benzene rings is 2. The zero-order valence-electron chi connectivity index (χ0n) is 16.5. The van der Waals surface area contributed by atoms with Gasteiger partial charge in [-0.05, 0) is 49.2 Å². The van der Waals surface area contributed by atoms with E-state index in [9.17, 15) is 4.79 Å². The normalized spacial score (nSPS) is 10.9. The number of halogens is 3. The molecule has 0 saturated carbocycles. The Hall–Kier alpha value is -1.93. The van der Waals surface area contributed by atoms with E-state index in [0.717, 1.165) is 16.9 Å². The van der Waals surface area contributed by atoms with Gasteiger partial charge in [-0.25, -0.2) is 0 Å². The molecular formula is C20H19Cl3N4O2S. The molecule has 6 nitrogen and oxygen atoms in total. The molecule has 0 fully saturated rings. The van der Waals surface area contributed by atoms with Crippen molar-refractivity contribution in [2.24, 2.45) is 7.05 Å². The number of rotatable bonds is 7. The van der Waals surface area contributed by atoms with E-state index in [1.54, 1.807) is 4.57 Å². The van der Waals surface area contributed by atoms with Crippen LogP contribution in [0.3, 0.4) is 0 Å². The van der Waals surface area contributed by atoms with Gasteiger partial charge in [0.1, 0.15) is 12.4 Å². The van der Waals surface area contributed by atoms with Crippen molar-refractivity contribution in [1.29, 1.82) is 0 Å². The molecule has 1 aromatic heterocycles. The summed E-state index contributed by atoms with van der Waals surface area (Å²) in [5, 5.41) is 12.6. The van der Waals surface area contributed by atoms with Crippen LogP contribution < -0.4 is 10.1 Å². The van der Waals surface area contributed by atoms with E-state index < -0.39 is 0 Å². The van der Waals surface area contributed by atoms with Gasteiger partial charge < -0.3 is 14.6 Å². The molecule has 0 aliphatic heterocycles. The second-order valence-corrected chi connectivity index (χ2v) is 8.82. The van der Waals surface area contributed by atoms with Crippen molar-refractivity contribution in [3.8, 4) is 5.75 Å². The molecule has 1 amide bonds. The Morgan fingerprint density at radius 3 is 2.40 bits per heavy atom. The number of ether oxygens (including phenoxy) is 1. The summed E-state index contributed by atoms with van der Waals surface area (Å²) in [6.45, 7) is 4.32. The van der Waals surface area contributed by atoms with Crippen LogP contribution >= 0.6 is 46.6 Å². The third kappa shape index (κ3) is 5.82. The molecular weight excluding hydrogens is 467 g/mol. The van der Waals surface area contributed by atoms with Gasteiger partial charge in [0.25, 0.3) is 0 Å². The van der Waals surface area contributed by atoms with Gasteiger partial charge in [0.2, 0.25) is 5.91 Å². The summed E-state index contributed by atoms with van der Waals surface area (Å²) in [4.78, 5) is 12.3. The molecule has 0 atom stereocenters. The summed E-state index contributed by atoms with van der Waals surface area (Å²) in [7, 11) is 1.83. The van der Waals surface area contributed by atoms with Crippen LogP contribution in [0.2, 0.25) is 15.1 Å². The summed E-state index contributed by atoms with van der Waals surface area (Å²) < 4.78 is 7.64. The van der Waals surface area contributed by atoms with Crippen molar-refractivity contribution in [2.75, 3.05) is 11.1 Å². The Kier molecular flexibility index (Phi) is 7.52. The molecule has 158 valence electrons. The molecule has 1 N–H and O–H groups in total. The second kappa shape index (κ2) is 9.92. The van der Waals surface area contributed by atoms with E-state index in [4.69, 9.17) is 39.5 Å². The van der Waals surface area contributed by atoms with Crippen LogP contribution in [-0.2, 0) is 18.4 Å². The van der Waals surface area contributed by atoms with Crippen molar-refractivity contribution in [1.82, 2.24) is 14.8 Å². The highest BCUT2D eigenvalue weighted by atomic mass is 35.5. The van der Waals surface area contributed by atoms with Crippen LogP contribution in [0.4, 0.5) is 5.69 Å². The molecule has 0 saturated heterocycles. The van der Waals surface area contributed by atoms with Crippen LogP contribution in [0, 0.1) is 13.8 Å². The zero-order valence-corrected chi connectivity index (χ0v) is 19.6. The fourth-order valence-electron chi connectivity index (χ4n) is 2.70. The lowest BCUT2D eigenvalue weighted by Gasteiger charge is -2.09. The molecule has 2 aromatic carbocycles. The number of thioether (sulfide) groups is 1. The molecule has 0 aliphatic rings. The molecule has 30 heavy (non-hydrogen) atoms. The minimum Gasteiger partial charge on any atom is -0.486 e. The van der Waals surface area contributed by atoms with E-state index in [-0.39, 0.29) is 18.3 Å². The lowest BCUT2D eigenvalue weighted by Crippen LogP contribution is -2.15. The van der Waals surface area contributed by atoms with Gasteiger partial charge in [-0.3, -0.25) is 4.79 Å². The number of hydrogen-bond donors (Lipinski definition) is 1. The van der Waals surface area contributed by atoms with Crippen molar-refractivity contribution >= 4 is 58.2 Å². The predicted molar refractivity (Wildman–Crippen MR) is 122 cm³/mol. The monoisotopic (exact) mass is 484 g/mol. The molecule has 3 rings (SSSR count). The fraction of sp³-hybridized carbons (Fsp3) is 0.250. The topological polar surface area (TPSA) is 69.0 Å². The first-order valence-electron chi connectivity index (χ1n) is 8.89. The Labute approximate surface area is 193 Å². The summed E-state index contributed by atoms with van der Waals surface area (Å²) in [5.41, 5.74) is 2.66. The highest BCUT2D eigenvalue weighted by molar-refractivity contribution is 7.99. The average Bonchev–Trinajstić information content (AvgIpc) is 3.02. The van der Waals surface area contributed by atoms with Crippen LogP contribution in [0.15, 0.2) is 35.5 Å². The Balaban J connectivity index is 1.57. The molecule has 10 heteroatoms. The molecule has 0 radical (unpaired) electrons. The van der Waals surface area contributed by atoms with E-state index in [1.165, 1.54) is 23.9 Å². The largest absolute Gasteiger partial charge is 0.486 e. The van der Waals surface area contributed by atoms with Gasteiger partial charge in [-0.1, -0.05) is 52.6 Å². The summed E-state index contributed by atoms with van der Waals surface area (Å²) in [6, 6.07) is 9.02. The molecule has 0 aliphatic carbocycles. The van der Waals surface area contributed by atoms with Crippen LogP contribution in [0.1, 0.15) is 17.0 Å². The second-order valence-electron chi connectivity index (χ2n) is 6.65. The summed E-state index contributed by atoms with van der Waals surface area (Å²) in [5.74, 6) is 1.31. The van der Waals surface area contributed by atoms with Crippen LogP contribution in [0.5, 0.6) is 5.75 Å². The first kappa shape index (κ1) is 22.7. The minimum atomic E-state index is -0.253. The lowest BCUT2D eigenvalue weighted by molar-refractivity contribution is -0.113. The Bertz CT molecular complexity index is 1070. The number of aromatic nitrogens is 3. The number of anilines is 1. The molecule has 0 unspecified atom stereocenters. The van der Waals surface area contributed by atoms with Gasteiger partial charge in [-0.2, -0.15) is 0 Å². The standard InChI is InChI=1S/C20H19Cl3N4O2S/c1-11-4-12(2)6-13(5-11)29-9-18-25-26-20(27(18)3)30-10-19(28)24-17-8-15(22)14(21)7-16(17)23/h4-8H,9-10H2,1-3H3,(H,24,28). The van der Waals surface area contributed by atoms with E-state index in [2.05, 4.69) is 21.6 Å². The average molecular weight is 486 g/mol. The molecule has 0 bridgehead atoms. The van der Waals surface area contributed by atoms with Gasteiger partial charge in [0.05, 0.1) is 26.5 Å². The van der Waals surface area contributed by atoms with Crippen LogP contribution in [0.25, 0.3) is 0 Å². The quantitative estimate of drug-likeness (QED) is 0.343. The third-order valence-corrected chi connectivity index (χ3v) is 6.16. The maximum Gasteiger partial charge on any atom is 0.234 e. The maximum atomic E-state index is 12.3.